The van der Waals surface area contributed by atoms with Crippen LogP contribution in [0.15, 0.2) is 10.2 Å². The second-order valence-corrected chi connectivity index (χ2v) is 10.5. The molecule has 0 saturated heterocycles. The zero-order valence-corrected chi connectivity index (χ0v) is 16.8. The molecule has 4 heteroatoms. The lowest BCUT2D eigenvalue weighted by atomic mass is 9.66. The van der Waals surface area contributed by atoms with E-state index in [0.717, 1.165) is 12.8 Å². The highest BCUT2D eigenvalue weighted by Gasteiger charge is 2.65. The van der Waals surface area contributed by atoms with Crippen molar-refractivity contribution in [2.45, 2.75) is 91.1 Å². The standard InChI is InChI=1S/C22H32N4/c1-19(9-11-23)15-5-7-21(19,3)17(13-15)25-26-18-14-16-6-8-22(18,4)20(16,2)10-12-24/h15-18H,5-10,13-14H2,1-4H3. The third-order valence-corrected chi connectivity index (χ3v) is 10.2. The molecule has 0 spiro atoms. The minimum absolute atomic E-state index is 0.0966. The predicted molar refractivity (Wildman–Crippen MR) is 100 cm³/mol. The van der Waals surface area contributed by atoms with Crippen LogP contribution in [0.2, 0.25) is 0 Å². The van der Waals surface area contributed by atoms with Crippen LogP contribution in [0.1, 0.15) is 79.1 Å². The highest BCUT2D eigenvalue weighted by Crippen LogP contribution is 2.69. The van der Waals surface area contributed by atoms with E-state index in [1.807, 2.05) is 0 Å². The zero-order valence-electron chi connectivity index (χ0n) is 16.8. The summed E-state index contributed by atoms with van der Waals surface area (Å²) in [5.74, 6) is 1.24. The molecule has 8 unspecified atom stereocenters. The van der Waals surface area contributed by atoms with Gasteiger partial charge in [0.15, 0.2) is 0 Å². The molecule has 0 radical (unpaired) electrons. The van der Waals surface area contributed by atoms with Crippen molar-refractivity contribution in [1.29, 1.82) is 10.5 Å². The molecule has 4 aliphatic carbocycles. The monoisotopic (exact) mass is 352 g/mol. The first kappa shape index (κ1) is 18.0. The molecule has 0 aliphatic heterocycles. The van der Waals surface area contributed by atoms with Crippen LogP contribution in [0, 0.1) is 56.2 Å². The molecule has 0 aromatic carbocycles. The van der Waals surface area contributed by atoms with Gasteiger partial charge in [0.25, 0.3) is 0 Å². The number of rotatable bonds is 4. The van der Waals surface area contributed by atoms with Gasteiger partial charge in [0.1, 0.15) is 0 Å². The van der Waals surface area contributed by atoms with Gasteiger partial charge in [-0.05, 0) is 72.0 Å². The normalized spacial score (nSPS) is 54.7. The Labute approximate surface area is 158 Å². The number of hydrogen-bond acceptors (Lipinski definition) is 4. The molecule has 4 aliphatic rings. The van der Waals surface area contributed by atoms with Crippen molar-refractivity contribution >= 4 is 0 Å². The van der Waals surface area contributed by atoms with E-state index in [9.17, 15) is 10.5 Å². The average Bonchev–Trinajstić information content (AvgIpc) is 3.14. The van der Waals surface area contributed by atoms with E-state index < -0.39 is 0 Å². The van der Waals surface area contributed by atoms with Crippen molar-refractivity contribution in [3.8, 4) is 12.1 Å². The molecular formula is C22H32N4. The van der Waals surface area contributed by atoms with Gasteiger partial charge in [0.2, 0.25) is 0 Å². The molecule has 0 amide bonds. The van der Waals surface area contributed by atoms with Gasteiger partial charge >= 0.3 is 0 Å². The van der Waals surface area contributed by atoms with Gasteiger partial charge in [-0.25, -0.2) is 0 Å². The van der Waals surface area contributed by atoms with E-state index in [-0.39, 0.29) is 33.7 Å². The van der Waals surface area contributed by atoms with E-state index in [0.29, 0.717) is 24.7 Å². The van der Waals surface area contributed by atoms with Gasteiger partial charge in [-0.2, -0.15) is 20.8 Å². The zero-order chi connectivity index (χ0) is 18.8. The fourth-order valence-electron chi connectivity index (χ4n) is 7.53. The minimum Gasteiger partial charge on any atom is -0.198 e. The van der Waals surface area contributed by atoms with E-state index in [1.165, 1.54) is 25.7 Å². The Kier molecular flexibility index (Phi) is 3.83. The van der Waals surface area contributed by atoms with E-state index in [2.05, 4.69) is 39.8 Å². The third-order valence-electron chi connectivity index (χ3n) is 10.2. The Morgan fingerprint density at radius 3 is 1.50 bits per heavy atom. The van der Waals surface area contributed by atoms with E-state index >= 15 is 0 Å². The molecule has 0 N–H and O–H groups in total. The second-order valence-electron chi connectivity index (χ2n) is 10.5. The largest absolute Gasteiger partial charge is 0.198 e. The first-order valence-electron chi connectivity index (χ1n) is 10.4. The first-order chi connectivity index (χ1) is 12.2. The summed E-state index contributed by atoms with van der Waals surface area (Å²) in [5.41, 5.74) is 0.426. The number of nitriles is 2. The smallest absolute Gasteiger partial charge is 0.0770 e. The number of azo groups is 1. The summed E-state index contributed by atoms with van der Waals surface area (Å²) < 4.78 is 0. The molecule has 8 atom stereocenters. The molecule has 4 saturated carbocycles. The Morgan fingerprint density at radius 2 is 1.15 bits per heavy atom. The van der Waals surface area contributed by atoms with Gasteiger partial charge in [-0.1, -0.05) is 27.7 Å². The average molecular weight is 353 g/mol. The van der Waals surface area contributed by atoms with Crippen LogP contribution in [-0.4, -0.2) is 12.1 Å². The summed E-state index contributed by atoms with van der Waals surface area (Å²) in [4.78, 5) is 0. The summed E-state index contributed by atoms with van der Waals surface area (Å²) >= 11 is 0. The fourth-order valence-corrected chi connectivity index (χ4v) is 7.53. The molecule has 140 valence electrons. The lowest BCUT2D eigenvalue weighted by Crippen LogP contribution is -2.38. The molecule has 4 nitrogen and oxygen atoms in total. The molecule has 0 heterocycles. The van der Waals surface area contributed by atoms with Gasteiger partial charge in [0, 0.05) is 12.8 Å². The maximum absolute atomic E-state index is 9.34. The topological polar surface area (TPSA) is 72.3 Å². The Hall–Kier alpha value is -1.42. The molecular weight excluding hydrogens is 320 g/mol. The fraction of sp³-hybridized carbons (Fsp3) is 0.909. The number of fused-ring (bicyclic) bond motifs is 4. The van der Waals surface area contributed by atoms with Crippen molar-refractivity contribution in [2.75, 3.05) is 0 Å². The second kappa shape index (κ2) is 5.54. The van der Waals surface area contributed by atoms with Crippen LogP contribution in [0.3, 0.4) is 0 Å². The van der Waals surface area contributed by atoms with E-state index in [4.69, 9.17) is 10.2 Å². The van der Waals surface area contributed by atoms with Gasteiger partial charge in [0.05, 0.1) is 24.2 Å². The lowest BCUT2D eigenvalue weighted by molar-refractivity contribution is 0.106. The maximum Gasteiger partial charge on any atom is 0.0770 e. The SMILES string of the molecule is CC1(CC#N)C2CCC1(C)C(N=NC1CC3CCC1(C)C3(C)CC#N)C2. The summed E-state index contributed by atoms with van der Waals surface area (Å²) in [6.07, 6.45) is 8.31. The minimum atomic E-state index is 0.0966. The van der Waals surface area contributed by atoms with Crippen LogP contribution in [-0.2, 0) is 0 Å². The highest BCUT2D eigenvalue weighted by atomic mass is 15.2. The first-order valence-corrected chi connectivity index (χ1v) is 10.4. The molecule has 4 rings (SSSR count). The van der Waals surface area contributed by atoms with Gasteiger partial charge in [-0.15, -0.1) is 0 Å². The van der Waals surface area contributed by atoms with Crippen molar-refractivity contribution in [3.05, 3.63) is 0 Å². The van der Waals surface area contributed by atoms with Crippen LogP contribution in [0.4, 0.5) is 0 Å². The van der Waals surface area contributed by atoms with Crippen LogP contribution in [0.5, 0.6) is 0 Å². The van der Waals surface area contributed by atoms with Crippen molar-refractivity contribution < 1.29 is 0 Å². The van der Waals surface area contributed by atoms with Crippen LogP contribution < -0.4 is 0 Å². The Balaban J connectivity index is 1.56. The summed E-state index contributed by atoms with van der Waals surface area (Å²) in [6, 6.07) is 5.42. The third kappa shape index (κ3) is 1.94. The van der Waals surface area contributed by atoms with Gasteiger partial charge in [-0.3, -0.25) is 0 Å². The highest BCUT2D eigenvalue weighted by molar-refractivity contribution is 5.18. The number of nitrogens with zero attached hydrogens (tertiary/aromatic N) is 4. The van der Waals surface area contributed by atoms with Gasteiger partial charge < -0.3 is 0 Å². The molecule has 0 aromatic heterocycles. The maximum atomic E-state index is 9.34. The van der Waals surface area contributed by atoms with Crippen LogP contribution in [0.25, 0.3) is 0 Å². The summed E-state index contributed by atoms with van der Waals surface area (Å²) in [5, 5.41) is 28.6. The molecule has 26 heavy (non-hydrogen) atoms. The van der Waals surface area contributed by atoms with Crippen molar-refractivity contribution in [3.63, 3.8) is 0 Å². The number of hydrogen-bond donors (Lipinski definition) is 0. The quantitative estimate of drug-likeness (QED) is 0.613. The predicted octanol–water partition coefficient (Wildman–Crippen LogP) is 5.66. The van der Waals surface area contributed by atoms with Crippen molar-refractivity contribution in [1.82, 2.24) is 0 Å². The molecule has 0 aromatic rings. The lowest BCUT2D eigenvalue weighted by Gasteiger charge is -2.40. The Bertz CT molecular complexity index is 657. The van der Waals surface area contributed by atoms with Crippen molar-refractivity contribution in [2.24, 2.45) is 43.7 Å². The molecule has 4 fully saturated rings. The Morgan fingerprint density at radius 1 is 0.769 bits per heavy atom. The summed E-state index contributed by atoms with van der Waals surface area (Å²) in [7, 11) is 0. The molecule has 4 bridgehead atoms. The summed E-state index contributed by atoms with van der Waals surface area (Å²) in [6.45, 7) is 9.32. The van der Waals surface area contributed by atoms with E-state index in [1.54, 1.807) is 0 Å². The van der Waals surface area contributed by atoms with Crippen LogP contribution >= 0.6 is 0 Å².